The number of hydrogen-bond acceptors (Lipinski definition) is 4. The summed E-state index contributed by atoms with van der Waals surface area (Å²) in [4.78, 5) is 28.8. The van der Waals surface area contributed by atoms with Gasteiger partial charge < -0.3 is 5.11 Å². The fourth-order valence-electron chi connectivity index (χ4n) is 4.08. The predicted molar refractivity (Wildman–Crippen MR) is 117 cm³/mol. The Morgan fingerprint density at radius 3 is 2.55 bits per heavy atom. The van der Waals surface area contributed by atoms with E-state index in [0.29, 0.717) is 16.7 Å². The normalized spacial score (nSPS) is 11.4. The average Bonchev–Trinajstić information content (AvgIpc) is 3.27. The minimum Gasteiger partial charge on any atom is -0.480 e. The molecule has 0 aliphatic heterocycles. The maximum atomic E-state index is 13.2. The Hall–Kier alpha value is -4.20. The topological polar surface area (TPSA) is 94.9 Å². The number of fused-ring (bicyclic) bond motifs is 2. The average molecular weight is 413 g/mol. The first-order valence-electron chi connectivity index (χ1n) is 9.75. The van der Waals surface area contributed by atoms with Crippen LogP contribution in [0.5, 0.6) is 0 Å². The fraction of sp³-hybridized carbons (Fsp3) is 0.130. The van der Waals surface area contributed by atoms with Crippen LogP contribution in [0.2, 0.25) is 0 Å². The third kappa shape index (κ3) is 2.92. The van der Waals surface area contributed by atoms with Gasteiger partial charge in [0.25, 0.3) is 0 Å². The molecule has 0 atom stereocenters. The van der Waals surface area contributed by atoms with E-state index in [9.17, 15) is 14.7 Å². The summed E-state index contributed by atoms with van der Waals surface area (Å²) in [6.45, 7) is 1.52. The number of nitrogens with zero attached hydrogens (tertiary/aromatic N) is 5. The molecular formula is C23H19N5O3. The van der Waals surface area contributed by atoms with Gasteiger partial charge in [-0.25, -0.2) is 4.79 Å². The predicted octanol–water partition coefficient (Wildman–Crippen LogP) is 3.13. The summed E-state index contributed by atoms with van der Waals surface area (Å²) in [6.07, 6.45) is 5.39. The number of carbonyl (C=O) groups is 1. The van der Waals surface area contributed by atoms with Gasteiger partial charge in [-0.15, -0.1) is 0 Å². The Morgan fingerprint density at radius 1 is 1.03 bits per heavy atom. The second-order valence-corrected chi connectivity index (χ2v) is 7.48. The Kier molecular flexibility index (Phi) is 4.21. The first kappa shape index (κ1) is 18.8. The third-order valence-corrected chi connectivity index (χ3v) is 5.56. The van der Waals surface area contributed by atoms with Crippen LogP contribution in [-0.4, -0.2) is 35.0 Å². The molecule has 31 heavy (non-hydrogen) atoms. The zero-order chi connectivity index (χ0) is 21.7. The van der Waals surface area contributed by atoms with Gasteiger partial charge in [-0.05, 0) is 36.2 Å². The van der Waals surface area contributed by atoms with E-state index in [1.807, 2.05) is 56.6 Å². The Bertz CT molecular complexity index is 1520. The standard InChI is InChI=1S/C23H19N5O3/c1-14-4-3-5-19-22(14)28(23(31)27(19)13-21(29)30)16-8-6-15(7-9-16)17-10-24-12-20-18(17)11-25-26(20)2/h3-12H,13H2,1-2H3,(H,29,30). The number of imidazole rings is 1. The van der Waals surface area contributed by atoms with Crippen molar-refractivity contribution in [3.05, 3.63) is 77.1 Å². The fourth-order valence-corrected chi connectivity index (χ4v) is 4.08. The van der Waals surface area contributed by atoms with Crippen LogP contribution in [-0.2, 0) is 18.4 Å². The van der Waals surface area contributed by atoms with E-state index in [0.717, 1.165) is 27.6 Å². The highest BCUT2D eigenvalue weighted by Gasteiger charge is 2.18. The summed E-state index contributed by atoms with van der Waals surface area (Å²) in [5, 5.41) is 14.6. The van der Waals surface area contributed by atoms with Gasteiger partial charge in [0, 0.05) is 24.2 Å². The van der Waals surface area contributed by atoms with Crippen molar-refractivity contribution in [1.29, 1.82) is 0 Å². The molecule has 0 radical (unpaired) electrons. The summed E-state index contributed by atoms with van der Waals surface area (Å²) < 4.78 is 4.64. The van der Waals surface area contributed by atoms with E-state index < -0.39 is 12.5 Å². The molecule has 0 saturated carbocycles. The molecule has 8 nitrogen and oxygen atoms in total. The zero-order valence-corrected chi connectivity index (χ0v) is 17.0. The number of benzene rings is 2. The molecule has 2 aromatic carbocycles. The second-order valence-electron chi connectivity index (χ2n) is 7.48. The first-order valence-corrected chi connectivity index (χ1v) is 9.75. The Balaban J connectivity index is 1.68. The third-order valence-electron chi connectivity index (χ3n) is 5.56. The molecule has 3 aromatic heterocycles. The molecule has 8 heteroatoms. The van der Waals surface area contributed by atoms with E-state index in [2.05, 4.69) is 10.1 Å². The molecule has 154 valence electrons. The minimum absolute atomic E-state index is 0.379. The highest BCUT2D eigenvalue weighted by molar-refractivity contribution is 5.93. The molecule has 0 aliphatic rings. The van der Waals surface area contributed by atoms with Gasteiger partial charge in [0.1, 0.15) is 6.54 Å². The van der Waals surface area contributed by atoms with Crippen molar-refractivity contribution >= 4 is 27.9 Å². The van der Waals surface area contributed by atoms with Gasteiger partial charge in [0.05, 0.1) is 34.6 Å². The molecule has 0 unspecified atom stereocenters. The van der Waals surface area contributed by atoms with Crippen LogP contribution in [0.15, 0.2) is 65.8 Å². The summed E-state index contributed by atoms with van der Waals surface area (Å²) >= 11 is 0. The van der Waals surface area contributed by atoms with Crippen LogP contribution in [0, 0.1) is 6.92 Å². The number of aryl methyl sites for hydroxylation is 2. The van der Waals surface area contributed by atoms with E-state index in [4.69, 9.17) is 0 Å². The summed E-state index contributed by atoms with van der Waals surface area (Å²) in [5.74, 6) is -1.06. The van der Waals surface area contributed by atoms with Crippen LogP contribution in [0.3, 0.4) is 0 Å². The Labute approximate surface area is 176 Å². The van der Waals surface area contributed by atoms with Crippen molar-refractivity contribution < 1.29 is 9.90 Å². The zero-order valence-electron chi connectivity index (χ0n) is 17.0. The van der Waals surface area contributed by atoms with Gasteiger partial charge in [0.15, 0.2) is 0 Å². The van der Waals surface area contributed by atoms with Gasteiger partial charge in [-0.3, -0.25) is 23.6 Å². The summed E-state index contributed by atoms with van der Waals surface area (Å²) in [5.41, 5.74) is 5.33. The van der Waals surface area contributed by atoms with Crippen molar-refractivity contribution in [2.24, 2.45) is 7.05 Å². The number of carboxylic acid groups (broad SMARTS) is 1. The maximum absolute atomic E-state index is 13.2. The molecule has 0 aliphatic carbocycles. The van der Waals surface area contributed by atoms with Crippen molar-refractivity contribution in [2.75, 3.05) is 0 Å². The molecule has 0 spiro atoms. The lowest BCUT2D eigenvalue weighted by Gasteiger charge is -2.08. The quantitative estimate of drug-likeness (QED) is 0.488. The molecular weight excluding hydrogens is 394 g/mol. The van der Waals surface area contributed by atoms with Gasteiger partial charge in [0.2, 0.25) is 0 Å². The Morgan fingerprint density at radius 2 is 1.81 bits per heavy atom. The van der Waals surface area contributed by atoms with E-state index in [1.54, 1.807) is 27.7 Å². The maximum Gasteiger partial charge on any atom is 0.334 e. The van der Waals surface area contributed by atoms with Crippen LogP contribution in [0.4, 0.5) is 0 Å². The molecule has 0 bridgehead atoms. The highest BCUT2D eigenvalue weighted by Crippen LogP contribution is 2.29. The van der Waals surface area contributed by atoms with Crippen molar-refractivity contribution in [2.45, 2.75) is 13.5 Å². The first-order chi connectivity index (χ1) is 15.0. The van der Waals surface area contributed by atoms with Crippen LogP contribution in [0.1, 0.15) is 5.56 Å². The number of aromatic nitrogens is 5. The molecule has 3 heterocycles. The highest BCUT2D eigenvalue weighted by atomic mass is 16.4. The monoisotopic (exact) mass is 413 g/mol. The number of aliphatic carboxylic acids is 1. The number of hydrogen-bond donors (Lipinski definition) is 1. The molecule has 0 fully saturated rings. The SMILES string of the molecule is Cc1cccc2c1n(-c1ccc(-c3cncc4c3cnn4C)cc1)c(=O)n2CC(=O)O. The lowest BCUT2D eigenvalue weighted by atomic mass is 10.0. The van der Waals surface area contributed by atoms with Crippen LogP contribution < -0.4 is 5.69 Å². The summed E-state index contributed by atoms with van der Waals surface area (Å²) in [6, 6.07) is 13.1. The molecule has 5 aromatic rings. The van der Waals surface area contributed by atoms with E-state index in [1.165, 1.54) is 4.57 Å². The van der Waals surface area contributed by atoms with Crippen molar-refractivity contribution in [3.63, 3.8) is 0 Å². The summed E-state index contributed by atoms with van der Waals surface area (Å²) in [7, 11) is 1.87. The van der Waals surface area contributed by atoms with Crippen molar-refractivity contribution in [1.82, 2.24) is 23.9 Å². The van der Waals surface area contributed by atoms with E-state index in [-0.39, 0.29) is 5.69 Å². The minimum atomic E-state index is -1.06. The smallest absolute Gasteiger partial charge is 0.334 e. The van der Waals surface area contributed by atoms with E-state index >= 15 is 0 Å². The lowest BCUT2D eigenvalue weighted by Crippen LogP contribution is -2.26. The lowest BCUT2D eigenvalue weighted by molar-refractivity contribution is -0.137. The number of carboxylic acids is 1. The van der Waals surface area contributed by atoms with Gasteiger partial charge in [-0.2, -0.15) is 5.10 Å². The number of pyridine rings is 1. The number of para-hydroxylation sites is 1. The van der Waals surface area contributed by atoms with Gasteiger partial charge >= 0.3 is 11.7 Å². The molecule has 1 N–H and O–H groups in total. The largest absolute Gasteiger partial charge is 0.480 e. The second kappa shape index (κ2) is 6.94. The van der Waals surface area contributed by atoms with Gasteiger partial charge in [-0.1, -0.05) is 24.3 Å². The molecule has 0 saturated heterocycles. The molecule has 0 amide bonds. The van der Waals surface area contributed by atoms with Crippen molar-refractivity contribution in [3.8, 4) is 16.8 Å². The van der Waals surface area contributed by atoms with Crippen LogP contribution in [0.25, 0.3) is 38.8 Å². The number of rotatable bonds is 4. The van der Waals surface area contributed by atoms with Crippen LogP contribution >= 0.6 is 0 Å². The molecule has 5 rings (SSSR count).